The monoisotopic (exact) mass is 489 g/mol. The number of unbranched alkanes of at least 4 members (excludes halogenated alkanes) is 3. The van der Waals surface area contributed by atoms with Crippen molar-refractivity contribution in [3.05, 3.63) is 41.6 Å². The Morgan fingerprint density at radius 3 is 2.74 bits per heavy atom. The van der Waals surface area contributed by atoms with Crippen molar-refractivity contribution in [2.24, 2.45) is 5.73 Å². The van der Waals surface area contributed by atoms with Crippen molar-refractivity contribution < 1.29 is 23.9 Å². The molecule has 9 heteroatoms. The number of rotatable bonds is 12. The summed E-state index contributed by atoms with van der Waals surface area (Å²) in [6, 6.07) is 5.91. The van der Waals surface area contributed by atoms with Crippen molar-refractivity contribution >= 4 is 23.3 Å². The summed E-state index contributed by atoms with van der Waals surface area (Å²) < 4.78 is 21.2. The van der Waals surface area contributed by atoms with Crippen LogP contribution in [-0.4, -0.2) is 63.3 Å². The number of aromatic hydroxyl groups is 1. The molecule has 0 saturated heterocycles. The van der Waals surface area contributed by atoms with Crippen LogP contribution in [0.4, 0.5) is 0 Å². The maximum absolute atomic E-state index is 12.7. The Labute approximate surface area is 206 Å². The molecule has 8 nitrogen and oxygen atoms in total. The predicted molar refractivity (Wildman–Crippen MR) is 133 cm³/mol. The molecule has 1 aliphatic heterocycles. The quantitative estimate of drug-likeness (QED) is 0.264. The van der Waals surface area contributed by atoms with Crippen LogP contribution in [0, 0.1) is 0 Å². The van der Waals surface area contributed by atoms with Crippen LogP contribution in [0.25, 0.3) is 5.57 Å². The van der Waals surface area contributed by atoms with E-state index < -0.39 is 12.0 Å². The first-order chi connectivity index (χ1) is 16.3. The lowest BCUT2D eigenvalue weighted by atomic mass is 10.0. The van der Waals surface area contributed by atoms with Gasteiger partial charge in [0.1, 0.15) is 24.0 Å². The molecule has 1 unspecified atom stereocenters. The number of benzene rings is 1. The molecule has 1 aromatic heterocycles. The fraction of sp³-hybridized carbons (Fsp3) is 0.560. The van der Waals surface area contributed by atoms with E-state index in [-0.39, 0.29) is 12.0 Å². The smallest absolute Gasteiger partial charge is 0.327 e. The summed E-state index contributed by atoms with van der Waals surface area (Å²) in [4.78, 5) is 12.7. The third kappa shape index (κ3) is 7.01. The largest absolute Gasteiger partial charge is 0.508 e. The van der Waals surface area contributed by atoms with Gasteiger partial charge in [0.2, 0.25) is 6.23 Å². The first-order valence-electron chi connectivity index (χ1n) is 12.1. The number of aromatic nitrogens is 2. The van der Waals surface area contributed by atoms with Gasteiger partial charge in [0.15, 0.2) is 0 Å². The van der Waals surface area contributed by atoms with Crippen LogP contribution < -0.4 is 10.5 Å². The number of hydrogen-bond acceptors (Lipinski definition) is 8. The number of esters is 1. The average molecular weight is 490 g/mol. The van der Waals surface area contributed by atoms with E-state index in [1.165, 1.54) is 12.8 Å². The summed E-state index contributed by atoms with van der Waals surface area (Å²) in [5.74, 6) is 0.351. The molecule has 1 aromatic carbocycles. The molecule has 0 spiro atoms. The number of carbonyl (C=O) groups is 1. The number of carbonyl (C=O) groups excluding carboxylic acids is 1. The number of phenols is 1. The van der Waals surface area contributed by atoms with Crippen molar-refractivity contribution in [1.29, 1.82) is 0 Å². The van der Waals surface area contributed by atoms with Gasteiger partial charge in [-0.1, -0.05) is 44.4 Å². The normalized spacial score (nSPS) is 19.8. The lowest BCUT2D eigenvalue weighted by Crippen LogP contribution is -2.56. The van der Waals surface area contributed by atoms with Crippen LogP contribution >= 0.6 is 11.7 Å². The van der Waals surface area contributed by atoms with E-state index in [1.807, 2.05) is 6.92 Å². The van der Waals surface area contributed by atoms with Crippen LogP contribution in [0.1, 0.15) is 57.2 Å². The Balaban J connectivity index is 1.57. The van der Waals surface area contributed by atoms with Gasteiger partial charge in [-0.05, 0) is 30.5 Å². The molecule has 186 valence electrons. The molecule has 0 aliphatic carbocycles. The second-order valence-electron chi connectivity index (χ2n) is 9.22. The number of ether oxygens (including phenoxy) is 2. The summed E-state index contributed by atoms with van der Waals surface area (Å²) in [6.45, 7) is 6.26. The maximum Gasteiger partial charge on any atom is 0.327 e. The Hall–Kier alpha value is -2.49. The van der Waals surface area contributed by atoms with Gasteiger partial charge in [0, 0.05) is 18.9 Å². The van der Waals surface area contributed by atoms with Crippen LogP contribution in [0.15, 0.2) is 30.3 Å². The molecule has 3 atom stereocenters. The van der Waals surface area contributed by atoms with E-state index in [4.69, 9.17) is 15.2 Å². The fourth-order valence-corrected chi connectivity index (χ4v) is 4.60. The Morgan fingerprint density at radius 2 is 2.00 bits per heavy atom. The van der Waals surface area contributed by atoms with Gasteiger partial charge in [-0.15, -0.1) is 4.37 Å². The van der Waals surface area contributed by atoms with E-state index in [0.717, 1.165) is 54.4 Å². The van der Waals surface area contributed by atoms with Crippen LogP contribution in [0.5, 0.6) is 11.6 Å². The highest BCUT2D eigenvalue weighted by atomic mass is 32.1. The van der Waals surface area contributed by atoms with Crippen molar-refractivity contribution in [3.8, 4) is 11.6 Å². The fourth-order valence-electron chi connectivity index (χ4n) is 4.07. The van der Waals surface area contributed by atoms with Crippen LogP contribution in [0.2, 0.25) is 0 Å². The maximum atomic E-state index is 12.7. The minimum absolute atomic E-state index is 0.181. The standard InChI is InChI=1S/C25H36N4O4S/c1-4-5-6-7-15-32-24-23(27-34-28-24)20-9-8-14-29(3,17-20)18(2)33-25(31)22(26)16-19-10-12-21(30)13-11-19/h9-13,18,22H,4-8,14-17,26H2,1-3H3/p+1/t18-,22-,29?/m0/s1. The zero-order valence-electron chi connectivity index (χ0n) is 20.4. The Bertz CT molecular complexity index is 962. The van der Waals surface area contributed by atoms with Crippen molar-refractivity contribution in [2.75, 3.05) is 26.7 Å². The SMILES string of the molecule is CCCCCCOc1nsnc1C1=CCC[N+](C)([C@H](C)OC(=O)[C@@H](N)Cc2ccc(O)cc2)C1. The number of phenolic OH excluding ortho intramolecular Hbond substituents is 1. The van der Waals surface area contributed by atoms with Gasteiger partial charge in [-0.3, -0.25) is 9.28 Å². The minimum Gasteiger partial charge on any atom is -0.508 e. The second kappa shape index (κ2) is 12.3. The molecule has 3 rings (SSSR count). The van der Waals surface area contributed by atoms with Gasteiger partial charge in [0.25, 0.3) is 5.88 Å². The van der Waals surface area contributed by atoms with Gasteiger partial charge < -0.3 is 20.3 Å². The third-order valence-corrected chi connectivity index (χ3v) is 6.93. The first kappa shape index (κ1) is 26.1. The molecule has 0 fully saturated rings. The highest BCUT2D eigenvalue weighted by molar-refractivity contribution is 6.99. The highest BCUT2D eigenvalue weighted by Crippen LogP contribution is 2.31. The van der Waals surface area contributed by atoms with Crippen LogP contribution in [0.3, 0.4) is 0 Å². The zero-order chi connectivity index (χ0) is 24.6. The Morgan fingerprint density at radius 1 is 1.24 bits per heavy atom. The summed E-state index contributed by atoms with van der Waals surface area (Å²) in [7, 11) is 2.08. The molecule has 3 N–H and O–H groups in total. The summed E-state index contributed by atoms with van der Waals surface area (Å²) in [5.41, 5.74) is 8.86. The van der Waals surface area contributed by atoms with Crippen LogP contribution in [-0.2, 0) is 16.0 Å². The van der Waals surface area contributed by atoms with Crippen molar-refractivity contribution in [3.63, 3.8) is 0 Å². The molecular weight excluding hydrogens is 452 g/mol. The zero-order valence-corrected chi connectivity index (χ0v) is 21.2. The van der Waals surface area contributed by atoms with Gasteiger partial charge in [0.05, 0.1) is 31.9 Å². The molecule has 0 amide bonds. The van der Waals surface area contributed by atoms with Gasteiger partial charge >= 0.3 is 5.97 Å². The number of likely N-dealkylation sites (N-methyl/N-ethyl adjacent to an activating group) is 1. The topological polar surface area (TPSA) is 108 Å². The van der Waals surface area contributed by atoms with Gasteiger partial charge in [-0.25, -0.2) is 0 Å². The van der Waals surface area contributed by atoms with E-state index in [2.05, 4.69) is 28.8 Å². The van der Waals surface area contributed by atoms with E-state index in [1.54, 1.807) is 24.3 Å². The van der Waals surface area contributed by atoms with E-state index >= 15 is 0 Å². The summed E-state index contributed by atoms with van der Waals surface area (Å²) >= 11 is 1.16. The van der Waals surface area contributed by atoms with Crippen molar-refractivity contribution in [2.45, 2.75) is 64.6 Å². The molecule has 0 radical (unpaired) electrons. The number of hydrogen-bond donors (Lipinski definition) is 2. The lowest BCUT2D eigenvalue weighted by molar-refractivity contribution is -0.944. The molecule has 2 heterocycles. The number of quaternary nitrogens is 1. The molecular formula is C25H37N4O4S+. The molecule has 0 bridgehead atoms. The number of nitrogens with two attached hydrogens (primary N) is 1. The lowest BCUT2D eigenvalue weighted by Gasteiger charge is -2.41. The summed E-state index contributed by atoms with van der Waals surface area (Å²) in [5, 5.41) is 9.43. The predicted octanol–water partition coefficient (Wildman–Crippen LogP) is 3.90. The molecule has 1 aliphatic rings. The molecule has 0 saturated carbocycles. The minimum atomic E-state index is -0.770. The third-order valence-electron chi connectivity index (χ3n) is 6.42. The Kier molecular flexibility index (Phi) is 9.44. The summed E-state index contributed by atoms with van der Waals surface area (Å²) in [6.07, 6.45) is 7.58. The highest BCUT2D eigenvalue weighted by Gasteiger charge is 2.37. The van der Waals surface area contributed by atoms with E-state index in [0.29, 0.717) is 29.9 Å². The van der Waals surface area contributed by atoms with Crippen molar-refractivity contribution in [1.82, 2.24) is 8.75 Å². The van der Waals surface area contributed by atoms with Gasteiger partial charge in [-0.2, -0.15) is 4.37 Å². The molecule has 34 heavy (non-hydrogen) atoms. The first-order valence-corrected chi connectivity index (χ1v) is 12.8. The average Bonchev–Trinajstić information content (AvgIpc) is 3.29. The second-order valence-corrected chi connectivity index (χ2v) is 9.75. The number of nitrogens with zero attached hydrogens (tertiary/aromatic N) is 3. The molecule has 2 aromatic rings. The van der Waals surface area contributed by atoms with E-state index in [9.17, 15) is 9.90 Å².